The number of rotatable bonds is 7. The number of nitrogens with one attached hydrogen (secondary N) is 3. The molecule has 18 heteroatoms. The summed E-state index contributed by atoms with van der Waals surface area (Å²) in [7, 11) is 0. The number of pyridine rings is 2. The third kappa shape index (κ3) is 12.1. The number of aromatic nitrogens is 2. The van der Waals surface area contributed by atoms with Gasteiger partial charge in [0.25, 0.3) is 23.8 Å². The summed E-state index contributed by atoms with van der Waals surface area (Å²) < 4.78 is 122. The molecule has 0 fully saturated rings. The number of alkyl carbamates (subject to hydrolysis) is 2. The maximum absolute atomic E-state index is 14.3. The van der Waals surface area contributed by atoms with Gasteiger partial charge < -0.3 is 25.4 Å². The van der Waals surface area contributed by atoms with Gasteiger partial charge in [0.2, 0.25) is 5.91 Å². The summed E-state index contributed by atoms with van der Waals surface area (Å²) in [6, 6.07) is 1.95. The zero-order valence-electron chi connectivity index (χ0n) is 28.9. The highest BCUT2D eigenvalue weighted by Crippen LogP contribution is 2.20. The molecule has 1 atom stereocenters. The molecule has 0 saturated heterocycles. The Kier molecular flexibility index (Phi) is 13.4. The molecule has 282 valence electrons. The van der Waals surface area contributed by atoms with Crippen LogP contribution in [0.15, 0.2) is 18.2 Å². The summed E-state index contributed by atoms with van der Waals surface area (Å²) >= 11 is 0. The highest BCUT2D eigenvalue weighted by atomic mass is 19.2. The Labute approximate surface area is 298 Å². The van der Waals surface area contributed by atoms with Gasteiger partial charge in [0.1, 0.15) is 28.4 Å². The van der Waals surface area contributed by atoms with E-state index in [1.54, 1.807) is 41.5 Å². The molecule has 10 nitrogen and oxygen atoms in total. The molecule has 2 heterocycles. The Bertz CT molecular complexity index is 1990. The Morgan fingerprint density at radius 1 is 0.679 bits per heavy atom. The molecular weight excluding hydrogens is 722 g/mol. The fourth-order valence-corrected chi connectivity index (χ4v) is 4.05. The number of hydrogen-bond donors (Lipinski definition) is 3. The number of anilines is 1. The predicted molar refractivity (Wildman–Crippen MR) is 172 cm³/mol. The van der Waals surface area contributed by atoms with E-state index in [0.29, 0.717) is 0 Å². The van der Waals surface area contributed by atoms with E-state index in [2.05, 4.69) is 37.8 Å². The van der Waals surface area contributed by atoms with Crippen LogP contribution in [-0.2, 0) is 14.3 Å². The fraction of sp³-hybridized carbons (Fsp3) is 0.343. The predicted octanol–water partition coefficient (Wildman–Crippen LogP) is 6.53. The third-order valence-electron chi connectivity index (χ3n) is 6.27. The summed E-state index contributed by atoms with van der Waals surface area (Å²) in [6.45, 7) is 9.74. The first-order chi connectivity index (χ1) is 24.6. The van der Waals surface area contributed by atoms with Crippen molar-refractivity contribution in [2.24, 2.45) is 0 Å². The van der Waals surface area contributed by atoms with Crippen LogP contribution in [0.1, 0.15) is 76.6 Å². The van der Waals surface area contributed by atoms with Gasteiger partial charge in [-0.1, -0.05) is 23.7 Å². The summed E-state index contributed by atoms with van der Waals surface area (Å²) in [6.07, 6.45) is -1.63. The van der Waals surface area contributed by atoms with Crippen molar-refractivity contribution in [1.82, 2.24) is 20.6 Å². The molecule has 0 saturated carbocycles. The van der Waals surface area contributed by atoms with Gasteiger partial charge in [0.15, 0.2) is 23.3 Å². The zero-order chi connectivity index (χ0) is 39.8. The van der Waals surface area contributed by atoms with Crippen LogP contribution < -0.4 is 16.0 Å². The molecule has 0 aliphatic carbocycles. The van der Waals surface area contributed by atoms with Gasteiger partial charge in [-0.25, -0.2) is 27.2 Å². The molecule has 0 spiro atoms. The lowest BCUT2D eigenvalue weighted by atomic mass is 10.0. The SMILES string of the molecule is CC(C)(C)OC(=O)NCCC[C@H](NC(=O)OC(C)(C)C)C(=O)Nc1ccc(C#Cc2c(F)c(F)nc(F)c2F)c(C#Cc2c(F)c(F)nc(F)c2F)c1. The second-order valence-corrected chi connectivity index (χ2v) is 12.9. The molecule has 3 aromatic rings. The molecule has 2 aromatic heterocycles. The van der Waals surface area contributed by atoms with E-state index in [9.17, 15) is 49.5 Å². The Balaban J connectivity index is 2.01. The number of hydrogen-bond acceptors (Lipinski definition) is 7. The average Bonchev–Trinajstić information content (AvgIpc) is 3.03. The van der Waals surface area contributed by atoms with Gasteiger partial charge in [-0.3, -0.25) is 4.79 Å². The molecule has 0 radical (unpaired) electrons. The number of ether oxygens (including phenoxy) is 2. The average molecular weight is 754 g/mol. The quantitative estimate of drug-likeness (QED) is 0.108. The van der Waals surface area contributed by atoms with Gasteiger partial charge in [0, 0.05) is 23.4 Å². The van der Waals surface area contributed by atoms with Crippen molar-refractivity contribution in [2.75, 3.05) is 11.9 Å². The minimum absolute atomic E-state index is 0.0254. The summed E-state index contributed by atoms with van der Waals surface area (Å²) in [5, 5.41) is 7.38. The van der Waals surface area contributed by atoms with Crippen LogP contribution in [0.3, 0.4) is 0 Å². The highest BCUT2D eigenvalue weighted by molar-refractivity contribution is 5.96. The molecule has 0 aliphatic heterocycles. The van der Waals surface area contributed by atoms with E-state index in [1.165, 1.54) is 0 Å². The Morgan fingerprint density at radius 3 is 1.60 bits per heavy atom. The lowest BCUT2D eigenvalue weighted by molar-refractivity contribution is -0.118. The molecule has 3 N–H and O–H groups in total. The Morgan fingerprint density at radius 2 is 1.13 bits per heavy atom. The molecule has 3 amide bonds. The van der Waals surface area contributed by atoms with Gasteiger partial charge in [-0.05, 0) is 72.6 Å². The van der Waals surface area contributed by atoms with Crippen molar-refractivity contribution < 1.29 is 59.0 Å². The maximum Gasteiger partial charge on any atom is 0.408 e. The first kappa shape index (κ1) is 41.5. The number of carbonyl (C=O) groups excluding carboxylic acids is 3. The molecule has 53 heavy (non-hydrogen) atoms. The van der Waals surface area contributed by atoms with Crippen LogP contribution in [0, 0.1) is 70.7 Å². The Hall–Kier alpha value is -5.91. The lowest BCUT2D eigenvalue weighted by Gasteiger charge is -2.23. The summed E-state index contributed by atoms with van der Waals surface area (Å²) in [5.41, 5.74) is -5.34. The number of benzene rings is 1. The van der Waals surface area contributed by atoms with E-state index in [1.807, 2.05) is 11.8 Å². The standard InChI is InChI=1S/C35H31F8N5O5/c1-34(2,3)52-32(50)44-15-7-8-22(46-33(51)53-35(4,5)6)31(49)45-19-12-9-17(10-13-20-23(36)27(40)47-28(41)24(20)37)18(16-19)11-14-21-25(38)29(42)48-30(43)26(21)39/h9,12,16,22H,7-8,15H2,1-6H3,(H,44,50)(H,45,49)(H,46,51)/t22-/m0/s1. The largest absolute Gasteiger partial charge is 0.444 e. The van der Waals surface area contributed by atoms with Crippen LogP contribution in [0.25, 0.3) is 0 Å². The van der Waals surface area contributed by atoms with Crippen molar-refractivity contribution in [3.63, 3.8) is 0 Å². The van der Waals surface area contributed by atoms with Gasteiger partial charge in [0.05, 0.1) is 0 Å². The maximum atomic E-state index is 14.3. The number of carbonyl (C=O) groups is 3. The highest BCUT2D eigenvalue weighted by Gasteiger charge is 2.26. The monoisotopic (exact) mass is 753 g/mol. The molecule has 3 rings (SSSR count). The zero-order valence-corrected chi connectivity index (χ0v) is 28.9. The van der Waals surface area contributed by atoms with Gasteiger partial charge in [-0.2, -0.15) is 27.5 Å². The number of halogens is 8. The second kappa shape index (κ2) is 17.1. The number of amides is 3. The van der Waals surface area contributed by atoms with Crippen molar-refractivity contribution in [3.8, 4) is 23.7 Å². The van der Waals surface area contributed by atoms with E-state index in [4.69, 9.17) is 9.47 Å². The van der Waals surface area contributed by atoms with Gasteiger partial charge >= 0.3 is 12.2 Å². The first-order valence-corrected chi connectivity index (χ1v) is 15.4. The normalized spacial score (nSPS) is 11.7. The van der Waals surface area contributed by atoms with Crippen LogP contribution in [0.5, 0.6) is 0 Å². The molecule has 0 bridgehead atoms. The summed E-state index contributed by atoms with van der Waals surface area (Å²) in [5.74, 6) is -8.59. The number of nitrogens with zero attached hydrogens (tertiary/aromatic N) is 2. The second-order valence-electron chi connectivity index (χ2n) is 12.9. The van der Waals surface area contributed by atoms with Crippen LogP contribution in [0.2, 0.25) is 0 Å². The van der Waals surface area contributed by atoms with Crippen LogP contribution in [0.4, 0.5) is 50.4 Å². The van der Waals surface area contributed by atoms with Crippen molar-refractivity contribution in [3.05, 3.63) is 87.5 Å². The topological polar surface area (TPSA) is 132 Å². The molecule has 0 unspecified atom stereocenters. The van der Waals surface area contributed by atoms with Crippen molar-refractivity contribution >= 4 is 23.8 Å². The molecular formula is C35H31F8N5O5. The summed E-state index contributed by atoms with van der Waals surface area (Å²) in [4.78, 5) is 42.8. The van der Waals surface area contributed by atoms with Crippen LogP contribution in [-0.4, -0.2) is 51.9 Å². The van der Waals surface area contributed by atoms with E-state index >= 15 is 0 Å². The smallest absolute Gasteiger partial charge is 0.408 e. The van der Waals surface area contributed by atoms with E-state index in [0.717, 1.165) is 18.2 Å². The lowest BCUT2D eigenvalue weighted by Crippen LogP contribution is -2.46. The van der Waals surface area contributed by atoms with Crippen molar-refractivity contribution in [1.29, 1.82) is 0 Å². The van der Waals surface area contributed by atoms with Crippen molar-refractivity contribution in [2.45, 2.75) is 71.6 Å². The van der Waals surface area contributed by atoms with E-state index in [-0.39, 0.29) is 36.2 Å². The first-order valence-electron chi connectivity index (χ1n) is 15.4. The van der Waals surface area contributed by atoms with E-state index < -0.39 is 93.5 Å². The van der Waals surface area contributed by atoms with Gasteiger partial charge in [-0.15, -0.1) is 0 Å². The minimum Gasteiger partial charge on any atom is -0.444 e. The fourth-order valence-electron chi connectivity index (χ4n) is 4.05. The van der Waals surface area contributed by atoms with Crippen LogP contribution >= 0.6 is 0 Å². The third-order valence-corrected chi connectivity index (χ3v) is 6.27. The molecule has 1 aromatic carbocycles. The minimum atomic E-state index is -2.02. The molecule has 0 aliphatic rings.